The lowest BCUT2D eigenvalue weighted by Gasteiger charge is -2.11. The predicted octanol–water partition coefficient (Wildman–Crippen LogP) is 4.36. The zero-order chi connectivity index (χ0) is 19.6. The molecule has 5 heteroatoms. The SMILES string of the molecule is O=C(NCc1cn2c(n1)CCCC2)c1cc(-c2ccccc2)nc2ccccc12. The molecule has 0 aliphatic carbocycles. The van der Waals surface area contributed by atoms with Gasteiger partial charge >= 0.3 is 0 Å². The van der Waals surface area contributed by atoms with Gasteiger partial charge in [0, 0.05) is 30.1 Å². The van der Waals surface area contributed by atoms with E-state index in [4.69, 9.17) is 4.98 Å². The molecule has 1 N–H and O–H groups in total. The molecule has 0 atom stereocenters. The number of para-hydroxylation sites is 1. The summed E-state index contributed by atoms with van der Waals surface area (Å²) >= 11 is 0. The van der Waals surface area contributed by atoms with Crippen molar-refractivity contribution < 1.29 is 4.79 Å². The number of carbonyl (C=O) groups excluding carboxylic acids is 1. The average molecular weight is 382 g/mol. The van der Waals surface area contributed by atoms with Gasteiger partial charge in [-0.25, -0.2) is 9.97 Å². The topological polar surface area (TPSA) is 59.8 Å². The van der Waals surface area contributed by atoms with Crippen molar-refractivity contribution in [2.75, 3.05) is 0 Å². The number of benzene rings is 2. The first-order valence-electron chi connectivity index (χ1n) is 10.1. The fourth-order valence-corrected chi connectivity index (χ4v) is 3.94. The molecule has 5 rings (SSSR count). The number of nitrogens with one attached hydrogen (secondary N) is 1. The quantitative estimate of drug-likeness (QED) is 0.570. The summed E-state index contributed by atoms with van der Waals surface area (Å²) in [6.07, 6.45) is 5.46. The molecule has 144 valence electrons. The summed E-state index contributed by atoms with van der Waals surface area (Å²) in [5, 5.41) is 3.91. The number of hydrogen-bond acceptors (Lipinski definition) is 3. The van der Waals surface area contributed by atoms with E-state index in [0.29, 0.717) is 12.1 Å². The zero-order valence-electron chi connectivity index (χ0n) is 16.1. The maximum atomic E-state index is 13.1. The van der Waals surface area contributed by atoms with Gasteiger partial charge in [0.15, 0.2) is 0 Å². The molecular formula is C24H22N4O. The van der Waals surface area contributed by atoms with Gasteiger partial charge < -0.3 is 9.88 Å². The summed E-state index contributed by atoms with van der Waals surface area (Å²) < 4.78 is 2.21. The van der Waals surface area contributed by atoms with Gasteiger partial charge in [-0.15, -0.1) is 0 Å². The van der Waals surface area contributed by atoms with Crippen LogP contribution in [0.1, 0.15) is 34.7 Å². The van der Waals surface area contributed by atoms with E-state index >= 15 is 0 Å². The van der Waals surface area contributed by atoms with Crippen molar-refractivity contribution in [2.24, 2.45) is 0 Å². The van der Waals surface area contributed by atoms with Gasteiger partial charge in [-0.05, 0) is 25.0 Å². The number of amides is 1. The first-order valence-corrected chi connectivity index (χ1v) is 10.1. The van der Waals surface area contributed by atoms with Crippen molar-refractivity contribution in [2.45, 2.75) is 32.4 Å². The third kappa shape index (κ3) is 3.51. The van der Waals surface area contributed by atoms with Crippen LogP contribution in [0, 0.1) is 0 Å². The maximum Gasteiger partial charge on any atom is 0.252 e. The summed E-state index contributed by atoms with van der Waals surface area (Å²) in [5.74, 6) is 1.02. The van der Waals surface area contributed by atoms with E-state index in [-0.39, 0.29) is 5.91 Å². The van der Waals surface area contributed by atoms with E-state index < -0.39 is 0 Å². The van der Waals surface area contributed by atoms with Crippen LogP contribution in [0.2, 0.25) is 0 Å². The minimum Gasteiger partial charge on any atom is -0.346 e. The number of fused-ring (bicyclic) bond motifs is 2. The third-order valence-corrected chi connectivity index (χ3v) is 5.42. The molecule has 1 amide bonds. The maximum absolute atomic E-state index is 13.1. The van der Waals surface area contributed by atoms with Crippen molar-refractivity contribution in [1.29, 1.82) is 0 Å². The fourth-order valence-electron chi connectivity index (χ4n) is 3.94. The van der Waals surface area contributed by atoms with Crippen molar-refractivity contribution in [3.8, 4) is 11.3 Å². The highest BCUT2D eigenvalue weighted by atomic mass is 16.1. The van der Waals surface area contributed by atoms with Crippen LogP contribution in [0.4, 0.5) is 0 Å². The number of aromatic nitrogens is 3. The van der Waals surface area contributed by atoms with Crippen molar-refractivity contribution >= 4 is 16.8 Å². The summed E-state index contributed by atoms with van der Waals surface area (Å²) in [5.41, 5.74) is 4.16. The first-order chi connectivity index (χ1) is 14.3. The number of pyridine rings is 1. The van der Waals surface area contributed by atoms with Crippen LogP contribution in [0.3, 0.4) is 0 Å². The molecule has 1 aliphatic heterocycles. The molecule has 4 aromatic rings. The van der Waals surface area contributed by atoms with Crippen LogP contribution in [0.5, 0.6) is 0 Å². The van der Waals surface area contributed by atoms with E-state index in [2.05, 4.69) is 21.1 Å². The molecule has 2 aromatic carbocycles. The Kier molecular flexibility index (Phi) is 4.56. The van der Waals surface area contributed by atoms with E-state index in [1.165, 1.54) is 12.8 Å². The summed E-state index contributed by atoms with van der Waals surface area (Å²) in [7, 11) is 0. The monoisotopic (exact) mass is 382 g/mol. The molecule has 0 saturated carbocycles. The smallest absolute Gasteiger partial charge is 0.252 e. The van der Waals surface area contributed by atoms with E-state index in [1.807, 2.05) is 60.7 Å². The Hall–Kier alpha value is -3.47. The number of hydrogen-bond donors (Lipinski definition) is 1. The van der Waals surface area contributed by atoms with Crippen molar-refractivity contribution in [1.82, 2.24) is 19.9 Å². The highest BCUT2D eigenvalue weighted by Gasteiger charge is 2.16. The minimum absolute atomic E-state index is 0.105. The Bertz CT molecular complexity index is 1160. The van der Waals surface area contributed by atoms with Crippen LogP contribution in [0.25, 0.3) is 22.2 Å². The zero-order valence-corrected chi connectivity index (χ0v) is 16.1. The lowest BCUT2D eigenvalue weighted by molar-refractivity contribution is 0.0952. The Labute approximate surface area is 169 Å². The molecule has 0 fully saturated rings. The summed E-state index contributed by atoms with van der Waals surface area (Å²) in [4.78, 5) is 22.5. The van der Waals surface area contributed by atoms with E-state index in [1.54, 1.807) is 0 Å². The lowest BCUT2D eigenvalue weighted by atomic mass is 10.0. The van der Waals surface area contributed by atoms with Crippen LogP contribution in [-0.4, -0.2) is 20.4 Å². The van der Waals surface area contributed by atoms with Crippen molar-refractivity contribution in [3.63, 3.8) is 0 Å². The second-order valence-electron chi connectivity index (χ2n) is 7.42. The molecule has 0 bridgehead atoms. The van der Waals surface area contributed by atoms with Crippen LogP contribution >= 0.6 is 0 Å². The molecule has 0 unspecified atom stereocenters. The summed E-state index contributed by atoms with van der Waals surface area (Å²) in [6.45, 7) is 1.45. The second-order valence-corrected chi connectivity index (χ2v) is 7.42. The number of carbonyl (C=O) groups is 1. The van der Waals surface area contributed by atoms with Gasteiger partial charge in [-0.3, -0.25) is 4.79 Å². The van der Waals surface area contributed by atoms with Crippen LogP contribution < -0.4 is 5.32 Å². The normalized spacial score (nSPS) is 13.2. The first kappa shape index (κ1) is 17.6. The van der Waals surface area contributed by atoms with Gasteiger partial charge in [0.05, 0.1) is 29.0 Å². The van der Waals surface area contributed by atoms with Gasteiger partial charge in [-0.2, -0.15) is 0 Å². The minimum atomic E-state index is -0.105. The second kappa shape index (κ2) is 7.51. The highest BCUT2D eigenvalue weighted by Crippen LogP contribution is 2.25. The number of nitrogens with zero attached hydrogens (tertiary/aromatic N) is 3. The molecule has 0 radical (unpaired) electrons. The number of aryl methyl sites for hydroxylation is 2. The van der Waals surface area contributed by atoms with Gasteiger partial charge in [-0.1, -0.05) is 48.5 Å². The van der Waals surface area contributed by atoms with E-state index in [9.17, 15) is 4.79 Å². The molecule has 3 heterocycles. The van der Waals surface area contributed by atoms with Gasteiger partial charge in [0.1, 0.15) is 5.82 Å². The van der Waals surface area contributed by atoms with Gasteiger partial charge in [0.2, 0.25) is 0 Å². The molecule has 0 spiro atoms. The molecule has 2 aromatic heterocycles. The Morgan fingerprint density at radius 1 is 1.00 bits per heavy atom. The van der Waals surface area contributed by atoms with Gasteiger partial charge in [0.25, 0.3) is 5.91 Å². The molecular weight excluding hydrogens is 360 g/mol. The summed E-state index contributed by atoms with van der Waals surface area (Å²) in [6, 6.07) is 19.6. The third-order valence-electron chi connectivity index (χ3n) is 5.42. The Balaban J connectivity index is 1.45. The Morgan fingerprint density at radius 3 is 2.69 bits per heavy atom. The van der Waals surface area contributed by atoms with Crippen LogP contribution in [-0.2, 0) is 19.5 Å². The van der Waals surface area contributed by atoms with Crippen LogP contribution in [0.15, 0.2) is 66.9 Å². The highest BCUT2D eigenvalue weighted by molar-refractivity contribution is 6.07. The molecule has 29 heavy (non-hydrogen) atoms. The van der Waals surface area contributed by atoms with Crippen molar-refractivity contribution in [3.05, 3.63) is 83.9 Å². The number of rotatable bonds is 4. The molecule has 0 saturated heterocycles. The average Bonchev–Trinajstić information content (AvgIpc) is 3.20. The predicted molar refractivity (Wildman–Crippen MR) is 114 cm³/mol. The number of imidazole rings is 1. The lowest BCUT2D eigenvalue weighted by Crippen LogP contribution is -2.23. The molecule has 5 nitrogen and oxygen atoms in total. The molecule has 1 aliphatic rings. The fraction of sp³-hybridized carbons (Fsp3) is 0.208. The van der Waals surface area contributed by atoms with E-state index in [0.717, 1.165) is 46.6 Å². The largest absolute Gasteiger partial charge is 0.346 e. The standard InChI is InChI=1S/C24H22N4O/c29-24(25-15-18-16-28-13-7-6-12-23(28)26-18)20-14-22(17-8-2-1-3-9-17)27-21-11-5-4-10-19(20)21/h1-5,8-11,14,16H,6-7,12-13,15H2,(H,25,29). The Morgan fingerprint density at radius 2 is 1.83 bits per heavy atom.